The molecule has 1 fully saturated rings. The zero-order valence-corrected chi connectivity index (χ0v) is 15.3. The summed E-state index contributed by atoms with van der Waals surface area (Å²) in [5.74, 6) is 1.34. The van der Waals surface area contributed by atoms with E-state index >= 15 is 0 Å². The summed E-state index contributed by atoms with van der Waals surface area (Å²) in [6, 6.07) is 11.7. The number of hydrogen-bond acceptors (Lipinski definition) is 3. The number of carbonyl (C=O) groups excluding carboxylic acids is 1. The maximum Gasteiger partial charge on any atom is 0.269 e. The summed E-state index contributed by atoms with van der Waals surface area (Å²) in [4.78, 5) is 12.5. The van der Waals surface area contributed by atoms with Crippen molar-refractivity contribution in [2.24, 2.45) is 18.4 Å². The smallest absolute Gasteiger partial charge is 0.269 e. The molecule has 0 spiro atoms. The Morgan fingerprint density at radius 2 is 2.04 bits per heavy atom. The molecule has 1 aliphatic rings. The topological polar surface area (TPSA) is 56.1 Å². The normalized spacial score (nSPS) is 15.2. The first kappa shape index (κ1) is 17.5. The number of nitrogens with zero attached hydrogens (tertiary/aromatic N) is 2. The van der Waals surface area contributed by atoms with Crippen molar-refractivity contribution in [2.45, 2.75) is 33.1 Å². The van der Waals surface area contributed by atoms with E-state index in [0.29, 0.717) is 24.8 Å². The van der Waals surface area contributed by atoms with Crippen molar-refractivity contribution >= 4 is 5.91 Å². The summed E-state index contributed by atoms with van der Waals surface area (Å²) in [7, 11) is 1.82. The SMILES string of the molecule is CC(C)Cc1cc(C(=O)NCC2(COc3ccccc3)CC2)n(C)n1. The van der Waals surface area contributed by atoms with Crippen LogP contribution in [-0.4, -0.2) is 28.8 Å². The van der Waals surface area contributed by atoms with Gasteiger partial charge in [-0.2, -0.15) is 5.10 Å². The summed E-state index contributed by atoms with van der Waals surface area (Å²) in [5, 5.41) is 7.50. The van der Waals surface area contributed by atoms with Gasteiger partial charge in [0.05, 0.1) is 12.3 Å². The second-order valence-corrected chi connectivity index (χ2v) is 7.53. The molecule has 1 saturated carbocycles. The fourth-order valence-corrected chi connectivity index (χ4v) is 2.92. The second-order valence-electron chi connectivity index (χ2n) is 7.53. The number of amides is 1. The maximum atomic E-state index is 12.5. The molecule has 5 nitrogen and oxygen atoms in total. The van der Waals surface area contributed by atoms with E-state index in [1.165, 1.54) is 0 Å². The number of para-hydroxylation sites is 1. The van der Waals surface area contributed by atoms with Gasteiger partial charge in [0.15, 0.2) is 0 Å². The van der Waals surface area contributed by atoms with Crippen LogP contribution in [0, 0.1) is 11.3 Å². The third-order valence-electron chi connectivity index (χ3n) is 4.65. The van der Waals surface area contributed by atoms with E-state index in [2.05, 4.69) is 24.3 Å². The van der Waals surface area contributed by atoms with Crippen LogP contribution in [0.5, 0.6) is 5.75 Å². The molecule has 1 amide bonds. The highest BCUT2D eigenvalue weighted by molar-refractivity contribution is 5.92. The lowest BCUT2D eigenvalue weighted by atomic mass is 10.1. The molecule has 0 bridgehead atoms. The Hall–Kier alpha value is -2.30. The summed E-state index contributed by atoms with van der Waals surface area (Å²) >= 11 is 0. The molecule has 1 aliphatic carbocycles. The van der Waals surface area contributed by atoms with Gasteiger partial charge in [-0.3, -0.25) is 9.48 Å². The number of aryl methyl sites for hydroxylation is 1. The van der Waals surface area contributed by atoms with E-state index in [4.69, 9.17) is 4.74 Å². The van der Waals surface area contributed by atoms with Crippen LogP contribution in [0.2, 0.25) is 0 Å². The number of benzene rings is 1. The predicted molar refractivity (Wildman–Crippen MR) is 97.7 cm³/mol. The molecule has 3 rings (SSSR count). The third kappa shape index (κ3) is 4.62. The van der Waals surface area contributed by atoms with Crippen molar-refractivity contribution in [2.75, 3.05) is 13.2 Å². The number of hydrogen-bond donors (Lipinski definition) is 1. The molecule has 0 unspecified atom stereocenters. The zero-order valence-electron chi connectivity index (χ0n) is 15.3. The lowest BCUT2D eigenvalue weighted by molar-refractivity contribution is 0.0928. The van der Waals surface area contributed by atoms with Crippen LogP contribution in [0.15, 0.2) is 36.4 Å². The highest BCUT2D eigenvalue weighted by atomic mass is 16.5. The Bertz CT molecular complexity index is 718. The van der Waals surface area contributed by atoms with Crippen LogP contribution in [0.25, 0.3) is 0 Å². The molecule has 1 N–H and O–H groups in total. The van der Waals surface area contributed by atoms with Crippen LogP contribution in [0.3, 0.4) is 0 Å². The molecule has 1 aromatic carbocycles. The van der Waals surface area contributed by atoms with Crippen LogP contribution >= 0.6 is 0 Å². The van der Waals surface area contributed by atoms with E-state index in [9.17, 15) is 4.79 Å². The largest absolute Gasteiger partial charge is 0.493 e. The Kier molecular flexibility index (Phi) is 5.11. The third-order valence-corrected chi connectivity index (χ3v) is 4.65. The number of aromatic nitrogens is 2. The number of rotatable bonds is 8. The van der Waals surface area contributed by atoms with Gasteiger partial charge in [0, 0.05) is 19.0 Å². The van der Waals surface area contributed by atoms with Crippen LogP contribution in [0.1, 0.15) is 42.9 Å². The summed E-state index contributed by atoms with van der Waals surface area (Å²) in [6.45, 7) is 5.58. The average molecular weight is 341 g/mol. The summed E-state index contributed by atoms with van der Waals surface area (Å²) in [6.07, 6.45) is 3.06. The van der Waals surface area contributed by atoms with Gasteiger partial charge in [0.25, 0.3) is 5.91 Å². The Morgan fingerprint density at radius 1 is 1.32 bits per heavy atom. The first-order valence-electron chi connectivity index (χ1n) is 8.96. The molecular formula is C20H27N3O2. The quantitative estimate of drug-likeness (QED) is 0.802. The van der Waals surface area contributed by atoms with Crippen molar-refractivity contribution in [3.8, 4) is 5.75 Å². The predicted octanol–water partition coefficient (Wildman–Crippen LogP) is 3.21. The van der Waals surface area contributed by atoms with Gasteiger partial charge in [-0.05, 0) is 43.4 Å². The molecule has 0 atom stereocenters. The second kappa shape index (κ2) is 7.30. The number of carbonyl (C=O) groups is 1. The van der Waals surface area contributed by atoms with Crippen molar-refractivity contribution < 1.29 is 9.53 Å². The van der Waals surface area contributed by atoms with Crippen molar-refractivity contribution in [3.05, 3.63) is 47.8 Å². The van der Waals surface area contributed by atoms with E-state index in [0.717, 1.165) is 30.7 Å². The molecular weight excluding hydrogens is 314 g/mol. The lowest BCUT2D eigenvalue weighted by Crippen LogP contribution is -2.34. The molecule has 134 valence electrons. The minimum Gasteiger partial charge on any atom is -0.493 e. The van der Waals surface area contributed by atoms with Gasteiger partial charge < -0.3 is 10.1 Å². The maximum absolute atomic E-state index is 12.5. The van der Waals surface area contributed by atoms with E-state index < -0.39 is 0 Å². The van der Waals surface area contributed by atoms with Crippen LogP contribution in [0.4, 0.5) is 0 Å². The molecule has 0 aliphatic heterocycles. The Labute approximate surface area is 149 Å². The van der Waals surface area contributed by atoms with Crippen LogP contribution < -0.4 is 10.1 Å². The summed E-state index contributed by atoms with van der Waals surface area (Å²) < 4.78 is 7.55. The first-order valence-corrected chi connectivity index (χ1v) is 8.96. The highest BCUT2D eigenvalue weighted by Gasteiger charge is 2.43. The zero-order chi connectivity index (χ0) is 17.9. The fraction of sp³-hybridized carbons (Fsp3) is 0.500. The molecule has 1 aromatic heterocycles. The summed E-state index contributed by atoms with van der Waals surface area (Å²) in [5.41, 5.74) is 1.66. The van der Waals surface area contributed by atoms with E-state index in [1.807, 2.05) is 43.4 Å². The van der Waals surface area contributed by atoms with Gasteiger partial charge in [-0.15, -0.1) is 0 Å². The van der Waals surface area contributed by atoms with Gasteiger partial charge in [-0.1, -0.05) is 32.0 Å². The minimum atomic E-state index is -0.0593. The number of ether oxygens (including phenoxy) is 1. The molecule has 1 heterocycles. The first-order chi connectivity index (χ1) is 12.0. The van der Waals surface area contributed by atoms with E-state index in [1.54, 1.807) is 4.68 Å². The monoisotopic (exact) mass is 341 g/mol. The fourth-order valence-electron chi connectivity index (χ4n) is 2.92. The van der Waals surface area contributed by atoms with Gasteiger partial charge >= 0.3 is 0 Å². The Balaban J connectivity index is 1.52. The molecule has 25 heavy (non-hydrogen) atoms. The minimum absolute atomic E-state index is 0.0593. The van der Waals surface area contributed by atoms with Crippen molar-refractivity contribution in [1.29, 1.82) is 0 Å². The Morgan fingerprint density at radius 3 is 2.68 bits per heavy atom. The molecule has 0 saturated heterocycles. The van der Waals surface area contributed by atoms with Crippen LogP contribution in [-0.2, 0) is 13.5 Å². The van der Waals surface area contributed by atoms with E-state index in [-0.39, 0.29) is 11.3 Å². The van der Waals surface area contributed by atoms with Gasteiger partial charge in [-0.25, -0.2) is 0 Å². The molecule has 2 aromatic rings. The van der Waals surface area contributed by atoms with Gasteiger partial charge in [0.1, 0.15) is 11.4 Å². The van der Waals surface area contributed by atoms with Crippen molar-refractivity contribution in [1.82, 2.24) is 15.1 Å². The van der Waals surface area contributed by atoms with Gasteiger partial charge in [0.2, 0.25) is 0 Å². The number of nitrogens with one attached hydrogen (secondary N) is 1. The standard InChI is InChI=1S/C20H27N3O2/c1-15(2)11-16-12-18(23(3)22-16)19(24)21-13-20(9-10-20)14-25-17-7-5-4-6-8-17/h4-8,12,15H,9-11,13-14H2,1-3H3,(H,21,24). The molecule has 5 heteroatoms. The highest BCUT2D eigenvalue weighted by Crippen LogP contribution is 2.45. The lowest BCUT2D eigenvalue weighted by Gasteiger charge is -2.17. The average Bonchev–Trinajstić information content (AvgIpc) is 3.27. The molecule has 0 radical (unpaired) electrons. The van der Waals surface area contributed by atoms with Crippen molar-refractivity contribution in [3.63, 3.8) is 0 Å².